The number of nitrogens with two attached hydrogens (primary N) is 1. The maximum absolute atomic E-state index is 13.3. The van der Waals surface area contributed by atoms with Crippen LogP contribution in [0.15, 0.2) is 54.7 Å². The van der Waals surface area contributed by atoms with E-state index in [1.807, 2.05) is 29.0 Å². The van der Waals surface area contributed by atoms with Crippen LogP contribution in [-0.2, 0) is 6.54 Å². The summed E-state index contributed by atoms with van der Waals surface area (Å²) in [4.78, 5) is 11.4. The standard InChI is InChI=1S/C16H14FN3O/c17-14-6-5-12-7-8-20(15(12)9-14)10-11-1-3-13(4-2-11)16(21)19-18/h1-9H,10,18H2,(H,19,21). The molecule has 106 valence electrons. The smallest absolute Gasteiger partial charge is 0.265 e. The van der Waals surface area contributed by atoms with Gasteiger partial charge in [0, 0.05) is 18.3 Å². The van der Waals surface area contributed by atoms with Gasteiger partial charge in [-0.3, -0.25) is 10.2 Å². The van der Waals surface area contributed by atoms with Gasteiger partial charge in [0.15, 0.2) is 0 Å². The monoisotopic (exact) mass is 283 g/mol. The van der Waals surface area contributed by atoms with E-state index in [4.69, 9.17) is 5.84 Å². The normalized spacial score (nSPS) is 10.8. The summed E-state index contributed by atoms with van der Waals surface area (Å²) in [5.74, 6) is 4.51. The molecule has 3 aromatic rings. The Morgan fingerprint density at radius 3 is 2.62 bits per heavy atom. The lowest BCUT2D eigenvalue weighted by Gasteiger charge is -2.07. The molecule has 0 radical (unpaired) electrons. The maximum Gasteiger partial charge on any atom is 0.265 e. The number of benzene rings is 2. The van der Waals surface area contributed by atoms with Crippen molar-refractivity contribution in [1.29, 1.82) is 0 Å². The third-order valence-electron chi connectivity index (χ3n) is 3.44. The zero-order valence-corrected chi connectivity index (χ0v) is 11.2. The number of halogens is 1. The molecule has 2 aromatic carbocycles. The molecule has 5 heteroatoms. The second-order valence-corrected chi connectivity index (χ2v) is 4.82. The van der Waals surface area contributed by atoms with Gasteiger partial charge in [-0.2, -0.15) is 0 Å². The Kier molecular flexibility index (Phi) is 3.41. The van der Waals surface area contributed by atoms with Crippen LogP contribution in [0.25, 0.3) is 10.9 Å². The number of amides is 1. The number of nitrogen functional groups attached to an aromatic ring is 1. The first-order chi connectivity index (χ1) is 10.2. The van der Waals surface area contributed by atoms with Crippen LogP contribution in [0.4, 0.5) is 4.39 Å². The van der Waals surface area contributed by atoms with Crippen LogP contribution >= 0.6 is 0 Å². The number of nitrogens with one attached hydrogen (secondary N) is 1. The van der Waals surface area contributed by atoms with Gasteiger partial charge in [-0.25, -0.2) is 10.2 Å². The Bertz CT molecular complexity index is 793. The van der Waals surface area contributed by atoms with Gasteiger partial charge >= 0.3 is 0 Å². The molecule has 4 nitrogen and oxygen atoms in total. The minimum atomic E-state index is -0.324. The second kappa shape index (κ2) is 5.38. The van der Waals surface area contributed by atoms with Crippen LogP contribution in [0.5, 0.6) is 0 Å². The molecule has 0 fully saturated rings. The van der Waals surface area contributed by atoms with E-state index < -0.39 is 0 Å². The Morgan fingerprint density at radius 1 is 1.14 bits per heavy atom. The Hall–Kier alpha value is -2.66. The first kappa shape index (κ1) is 13.3. The lowest BCUT2D eigenvalue weighted by atomic mass is 10.1. The predicted octanol–water partition coefficient (Wildman–Crippen LogP) is 2.43. The summed E-state index contributed by atoms with van der Waals surface area (Å²) in [5, 5.41) is 0.996. The zero-order chi connectivity index (χ0) is 14.8. The van der Waals surface area contributed by atoms with Crippen LogP contribution in [0.2, 0.25) is 0 Å². The summed E-state index contributed by atoms with van der Waals surface area (Å²) in [5.41, 5.74) is 4.46. The molecule has 0 unspecified atom stereocenters. The predicted molar refractivity (Wildman–Crippen MR) is 79.1 cm³/mol. The topological polar surface area (TPSA) is 60.0 Å². The van der Waals surface area contributed by atoms with Crippen molar-refractivity contribution in [1.82, 2.24) is 9.99 Å². The van der Waals surface area contributed by atoms with Crippen LogP contribution in [-0.4, -0.2) is 10.5 Å². The molecule has 3 rings (SSSR count). The summed E-state index contributed by atoms with van der Waals surface area (Å²) in [6.45, 7) is 0.609. The number of carbonyl (C=O) groups excluding carboxylic acids is 1. The van der Waals surface area contributed by atoms with Gasteiger partial charge < -0.3 is 4.57 Å². The molecule has 3 N–H and O–H groups in total. The quantitative estimate of drug-likeness (QED) is 0.440. The number of rotatable bonds is 3. The van der Waals surface area contributed by atoms with Gasteiger partial charge in [0.1, 0.15) is 5.82 Å². The van der Waals surface area contributed by atoms with Gasteiger partial charge in [0.25, 0.3) is 5.91 Å². The SMILES string of the molecule is NNC(=O)c1ccc(Cn2ccc3ccc(F)cc32)cc1. The third-order valence-corrected chi connectivity index (χ3v) is 3.44. The Labute approximate surface area is 121 Å². The van der Waals surface area contributed by atoms with Crippen LogP contribution in [0, 0.1) is 5.82 Å². The van der Waals surface area contributed by atoms with Gasteiger partial charge in [-0.05, 0) is 47.3 Å². The molecule has 0 aliphatic rings. The first-order valence-electron chi connectivity index (χ1n) is 6.51. The number of carbonyl (C=O) groups is 1. The summed E-state index contributed by atoms with van der Waals surface area (Å²) in [7, 11) is 0. The molecule has 1 heterocycles. The number of aromatic nitrogens is 1. The second-order valence-electron chi connectivity index (χ2n) is 4.82. The molecular weight excluding hydrogens is 269 g/mol. The van der Waals surface area contributed by atoms with E-state index >= 15 is 0 Å². The average molecular weight is 283 g/mol. The molecule has 0 spiro atoms. The fourth-order valence-corrected chi connectivity index (χ4v) is 2.34. The highest BCUT2D eigenvalue weighted by Gasteiger charge is 2.05. The van der Waals surface area contributed by atoms with Crippen molar-refractivity contribution < 1.29 is 9.18 Å². The van der Waals surface area contributed by atoms with Crippen molar-refractivity contribution >= 4 is 16.8 Å². The molecule has 0 saturated heterocycles. The molecule has 1 amide bonds. The van der Waals surface area contributed by atoms with Crippen LogP contribution in [0.1, 0.15) is 15.9 Å². The van der Waals surface area contributed by atoms with E-state index in [9.17, 15) is 9.18 Å². The molecular formula is C16H14FN3O. The number of fused-ring (bicyclic) bond motifs is 1. The summed E-state index contributed by atoms with van der Waals surface area (Å²) >= 11 is 0. The summed E-state index contributed by atoms with van der Waals surface area (Å²) in [6.07, 6.45) is 1.92. The zero-order valence-electron chi connectivity index (χ0n) is 11.2. The van der Waals surface area contributed by atoms with Gasteiger partial charge in [0.2, 0.25) is 0 Å². The van der Waals surface area contributed by atoms with E-state index in [2.05, 4.69) is 5.43 Å². The maximum atomic E-state index is 13.3. The van der Waals surface area contributed by atoms with E-state index in [1.54, 1.807) is 18.2 Å². The minimum Gasteiger partial charge on any atom is -0.343 e. The fourth-order valence-electron chi connectivity index (χ4n) is 2.34. The highest BCUT2D eigenvalue weighted by Crippen LogP contribution is 2.18. The highest BCUT2D eigenvalue weighted by molar-refractivity contribution is 5.93. The number of hydrogen-bond donors (Lipinski definition) is 2. The van der Waals surface area contributed by atoms with Crippen molar-refractivity contribution in [3.63, 3.8) is 0 Å². The van der Waals surface area contributed by atoms with Crippen molar-refractivity contribution in [2.75, 3.05) is 0 Å². The van der Waals surface area contributed by atoms with Crippen LogP contribution in [0.3, 0.4) is 0 Å². The van der Waals surface area contributed by atoms with Crippen molar-refractivity contribution in [3.8, 4) is 0 Å². The number of nitrogens with zero attached hydrogens (tertiary/aromatic N) is 1. The summed E-state index contributed by atoms with van der Waals surface area (Å²) < 4.78 is 15.3. The highest BCUT2D eigenvalue weighted by atomic mass is 19.1. The van der Waals surface area contributed by atoms with Crippen molar-refractivity contribution in [2.45, 2.75) is 6.54 Å². The molecule has 0 saturated carbocycles. The third kappa shape index (κ3) is 2.64. The number of hydrazine groups is 1. The van der Waals surface area contributed by atoms with E-state index in [-0.39, 0.29) is 11.7 Å². The minimum absolute atomic E-state index is 0.252. The van der Waals surface area contributed by atoms with Crippen molar-refractivity contribution in [3.05, 3.63) is 71.7 Å². The van der Waals surface area contributed by atoms with E-state index in [0.717, 1.165) is 16.5 Å². The Morgan fingerprint density at radius 2 is 1.90 bits per heavy atom. The summed E-state index contributed by atoms with van der Waals surface area (Å²) in [6, 6.07) is 13.8. The molecule has 0 atom stereocenters. The molecule has 0 bridgehead atoms. The lowest BCUT2D eigenvalue weighted by molar-refractivity contribution is 0.0953. The van der Waals surface area contributed by atoms with Crippen LogP contribution < -0.4 is 11.3 Å². The number of hydrogen-bond acceptors (Lipinski definition) is 2. The first-order valence-corrected chi connectivity index (χ1v) is 6.51. The van der Waals surface area contributed by atoms with E-state index in [0.29, 0.717) is 12.1 Å². The molecule has 21 heavy (non-hydrogen) atoms. The van der Waals surface area contributed by atoms with Crippen molar-refractivity contribution in [2.24, 2.45) is 5.84 Å². The lowest BCUT2D eigenvalue weighted by Crippen LogP contribution is -2.29. The van der Waals surface area contributed by atoms with Gasteiger partial charge in [-0.1, -0.05) is 12.1 Å². The van der Waals surface area contributed by atoms with E-state index in [1.165, 1.54) is 12.1 Å². The van der Waals surface area contributed by atoms with Gasteiger partial charge in [-0.15, -0.1) is 0 Å². The molecule has 1 aromatic heterocycles. The van der Waals surface area contributed by atoms with Gasteiger partial charge in [0.05, 0.1) is 5.52 Å². The average Bonchev–Trinajstić information content (AvgIpc) is 2.89. The molecule has 0 aliphatic carbocycles. The Balaban J connectivity index is 1.88. The largest absolute Gasteiger partial charge is 0.343 e. The molecule has 0 aliphatic heterocycles. The fraction of sp³-hybridized carbons (Fsp3) is 0.0625.